The first-order valence-electron chi connectivity index (χ1n) is 10.6. The average Bonchev–Trinajstić information content (AvgIpc) is 3.47. The fourth-order valence-electron chi connectivity index (χ4n) is 4.22. The third kappa shape index (κ3) is 3.97. The van der Waals surface area contributed by atoms with Crippen LogP contribution in [0.25, 0.3) is 22.4 Å². The monoisotopic (exact) mass is 419 g/mol. The normalized spacial score (nSPS) is 14.9. The number of hydrogen-bond acceptors (Lipinski definition) is 5. The number of nitrogens with zero attached hydrogens (tertiary/aromatic N) is 3. The van der Waals surface area contributed by atoms with Crippen molar-refractivity contribution >= 4 is 22.5 Å². The van der Waals surface area contributed by atoms with Gasteiger partial charge in [-0.25, -0.2) is 0 Å². The SMILES string of the molecule is c1coc(-c2nnc(SCCOc3cccc4ccccc34)n2C2CCCCC2)c1. The van der Waals surface area contributed by atoms with Gasteiger partial charge >= 0.3 is 0 Å². The molecule has 1 aliphatic carbocycles. The molecule has 0 amide bonds. The predicted octanol–water partition coefficient (Wildman–Crippen LogP) is 6.37. The number of benzene rings is 2. The molecule has 1 saturated carbocycles. The zero-order valence-electron chi connectivity index (χ0n) is 16.9. The van der Waals surface area contributed by atoms with Crippen molar-refractivity contribution in [1.82, 2.24) is 14.8 Å². The first-order valence-corrected chi connectivity index (χ1v) is 11.6. The highest BCUT2D eigenvalue weighted by molar-refractivity contribution is 7.99. The largest absolute Gasteiger partial charge is 0.492 e. The molecule has 0 atom stereocenters. The Bertz CT molecular complexity index is 1100. The molecule has 6 heteroatoms. The van der Waals surface area contributed by atoms with E-state index in [1.807, 2.05) is 30.3 Å². The summed E-state index contributed by atoms with van der Waals surface area (Å²) in [6.45, 7) is 0.617. The van der Waals surface area contributed by atoms with Gasteiger partial charge in [0.15, 0.2) is 10.9 Å². The van der Waals surface area contributed by atoms with E-state index in [9.17, 15) is 0 Å². The lowest BCUT2D eigenvalue weighted by Gasteiger charge is -2.25. The third-order valence-electron chi connectivity index (χ3n) is 5.67. The summed E-state index contributed by atoms with van der Waals surface area (Å²) < 4.78 is 14.0. The second kappa shape index (κ2) is 8.96. The van der Waals surface area contributed by atoms with Crippen molar-refractivity contribution in [2.75, 3.05) is 12.4 Å². The molecule has 0 unspecified atom stereocenters. The summed E-state index contributed by atoms with van der Waals surface area (Å²) in [5, 5.41) is 12.3. The van der Waals surface area contributed by atoms with E-state index in [-0.39, 0.29) is 0 Å². The lowest BCUT2D eigenvalue weighted by atomic mass is 9.95. The Morgan fingerprint density at radius 2 is 1.83 bits per heavy atom. The number of rotatable bonds is 7. The zero-order chi connectivity index (χ0) is 20.2. The van der Waals surface area contributed by atoms with Crippen molar-refractivity contribution in [3.63, 3.8) is 0 Å². The Labute approximate surface area is 180 Å². The molecule has 0 saturated heterocycles. The summed E-state index contributed by atoms with van der Waals surface area (Å²) in [6, 6.07) is 18.8. The molecule has 0 radical (unpaired) electrons. The standard InChI is InChI=1S/C24H25N3O2S/c1-2-10-19(11-3-1)27-23(22-14-7-15-28-22)25-26-24(27)30-17-16-29-21-13-6-9-18-8-4-5-12-20(18)21/h4-9,12-15,19H,1-3,10-11,16-17H2. The molecule has 0 N–H and O–H groups in total. The summed E-state index contributed by atoms with van der Waals surface area (Å²) in [4.78, 5) is 0. The molecule has 5 rings (SSSR count). The lowest BCUT2D eigenvalue weighted by molar-refractivity contribution is 0.336. The number of furan rings is 1. The molecule has 30 heavy (non-hydrogen) atoms. The van der Waals surface area contributed by atoms with E-state index in [0.717, 1.165) is 33.6 Å². The lowest BCUT2D eigenvalue weighted by Crippen LogP contribution is -2.15. The maximum absolute atomic E-state index is 6.11. The van der Waals surface area contributed by atoms with Crippen LogP contribution in [0.2, 0.25) is 0 Å². The van der Waals surface area contributed by atoms with Gasteiger partial charge in [0.25, 0.3) is 0 Å². The molecule has 5 nitrogen and oxygen atoms in total. The number of aromatic nitrogens is 3. The Morgan fingerprint density at radius 3 is 2.70 bits per heavy atom. The quantitative estimate of drug-likeness (QED) is 0.257. The van der Waals surface area contributed by atoms with E-state index in [4.69, 9.17) is 9.15 Å². The number of hydrogen-bond donors (Lipinski definition) is 0. The minimum absolute atomic E-state index is 0.440. The Hall–Kier alpha value is -2.73. The molecule has 0 bridgehead atoms. The number of fused-ring (bicyclic) bond motifs is 1. The Morgan fingerprint density at radius 1 is 0.967 bits per heavy atom. The van der Waals surface area contributed by atoms with E-state index in [0.29, 0.717) is 12.6 Å². The van der Waals surface area contributed by atoms with Gasteiger partial charge in [-0.15, -0.1) is 10.2 Å². The van der Waals surface area contributed by atoms with Crippen molar-refractivity contribution < 1.29 is 9.15 Å². The molecule has 4 aromatic rings. The second-order valence-electron chi connectivity index (χ2n) is 7.62. The van der Waals surface area contributed by atoms with Gasteiger partial charge in [0.2, 0.25) is 5.82 Å². The van der Waals surface area contributed by atoms with Gasteiger partial charge in [0.05, 0.1) is 12.9 Å². The Kier molecular flexibility index (Phi) is 5.75. The highest BCUT2D eigenvalue weighted by Gasteiger charge is 2.24. The molecule has 2 aromatic heterocycles. The van der Waals surface area contributed by atoms with Crippen molar-refractivity contribution in [1.29, 1.82) is 0 Å². The fourth-order valence-corrected chi connectivity index (χ4v) is 5.05. The van der Waals surface area contributed by atoms with Crippen LogP contribution in [-0.4, -0.2) is 27.1 Å². The van der Waals surface area contributed by atoms with Crippen LogP contribution in [0, 0.1) is 0 Å². The van der Waals surface area contributed by atoms with Crippen molar-refractivity contribution in [3.8, 4) is 17.3 Å². The number of thioether (sulfide) groups is 1. The van der Waals surface area contributed by atoms with Gasteiger partial charge in [-0.2, -0.15) is 0 Å². The highest BCUT2D eigenvalue weighted by atomic mass is 32.2. The Balaban J connectivity index is 1.30. The summed E-state index contributed by atoms with van der Waals surface area (Å²) in [7, 11) is 0. The maximum Gasteiger partial charge on any atom is 0.200 e. The third-order valence-corrected chi connectivity index (χ3v) is 6.57. The molecule has 154 valence electrons. The minimum Gasteiger partial charge on any atom is -0.492 e. The van der Waals surface area contributed by atoms with Crippen LogP contribution >= 0.6 is 11.8 Å². The summed E-state index contributed by atoms with van der Waals surface area (Å²) in [5.74, 6) is 3.36. The molecule has 0 aliphatic heterocycles. The van der Waals surface area contributed by atoms with E-state index >= 15 is 0 Å². The van der Waals surface area contributed by atoms with Gasteiger partial charge in [-0.3, -0.25) is 4.57 Å². The molecule has 1 aliphatic rings. The highest BCUT2D eigenvalue weighted by Crippen LogP contribution is 2.35. The molecule has 2 aromatic carbocycles. The van der Waals surface area contributed by atoms with Crippen LogP contribution in [-0.2, 0) is 0 Å². The first-order chi connectivity index (χ1) is 14.9. The molecule has 1 fully saturated rings. The second-order valence-corrected chi connectivity index (χ2v) is 8.68. The maximum atomic E-state index is 6.11. The van der Waals surface area contributed by atoms with Gasteiger partial charge in [-0.1, -0.05) is 67.4 Å². The summed E-state index contributed by atoms with van der Waals surface area (Å²) in [6.07, 6.45) is 7.87. The zero-order valence-corrected chi connectivity index (χ0v) is 17.7. The first kappa shape index (κ1) is 19.2. The van der Waals surface area contributed by atoms with E-state index < -0.39 is 0 Å². The molecular formula is C24H25N3O2S. The van der Waals surface area contributed by atoms with E-state index in [2.05, 4.69) is 39.0 Å². The molecule has 2 heterocycles. The van der Waals surface area contributed by atoms with Crippen LogP contribution in [0.15, 0.2) is 70.4 Å². The van der Waals surface area contributed by atoms with E-state index in [1.165, 1.54) is 37.5 Å². The van der Waals surface area contributed by atoms with Gasteiger partial charge in [0.1, 0.15) is 5.75 Å². The van der Waals surface area contributed by atoms with Crippen LogP contribution in [0.4, 0.5) is 0 Å². The molecule has 0 spiro atoms. The van der Waals surface area contributed by atoms with E-state index in [1.54, 1.807) is 18.0 Å². The van der Waals surface area contributed by atoms with Crippen LogP contribution in [0.5, 0.6) is 5.75 Å². The number of ether oxygens (including phenoxy) is 1. The van der Waals surface area contributed by atoms with Crippen molar-refractivity contribution in [2.24, 2.45) is 0 Å². The molecular weight excluding hydrogens is 394 g/mol. The average molecular weight is 420 g/mol. The van der Waals surface area contributed by atoms with Gasteiger partial charge < -0.3 is 9.15 Å². The van der Waals surface area contributed by atoms with Crippen LogP contribution in [0.3, 0.4) is 0 Å². The smallest absolute Gasteiger partial charge is 0.200 e. The van der Waals surface area contributed by atoms with Crippen LogP contribution in [0.1, 0.15) is 38.1 Å². The van der Waals surface area contributed by atoms with Crippen molar-refractivity contribution in [3.05, 3.63) is 60.9 Å². The van der Waals surface area contributed by atoms with Gasteiger partial charge in [0, 0.05) is 17.2 Å². The summed E-state index contributed by atoms with van der Waals surface area (Å²) in [5.41, 5.74) is 0. The van der Waals surface area contributed by atoms with Gasteiger partial charge in [-0.05, 0) is 36.4 Å². The predicted molar refractivity (Wildman–Crippen MR) is 120 cm³/mol. The fraction of sp³-hybridized carbons (Fsp3) is 0.333. The van der Waals surface area contributed by atoms with Crippen molar-refractivity contribution in [2.45, 2.75) is 43.3 Å². The minimum atomic E-state index is 0.440. The van der Waals surface area contributed by atoms with Crippen LogP contribution < -0.4 is 4.74 Å². The summed E-state index contributed by atoms with van der Waals surface area (Å²) >= 11 is 1.71. The topological polar surface area (TPSA) is 53.1 Å².